The predicted molar refractivity (Wildman–Crippen MR) is 161 cm³/mol. The summed E-state index contributed by atoms with van der Waals surface area (Å²) in [5.74, 6) is -0.649. The first-order valence-corrected chi connectivity index (χ1v) is 19.5. The predicted octanol–water partition coefficient (Wildman–Crippen LogP) is 4.64. The van der Waals surface area contributed by atoms with Gasteiger partial charge in [0.05, 0.1) is 26.1 Å². The molecule has 4 rings (SSSR count). The number of allylic oxidation sites excluding steroid dienone is 2. The Morgan fingerprint density at radius 3 is 2.41 bits per heavy atom. The third-order valence-corrected chi connectivity index (χ3v) is 13.2. The summed E-state index contributed by atoms with van der Waals surface area (Å²) in [5.41, 5.74) is 1.13. The minimum atomic E-state index is -4.27. The van der Waals surface area contributed by atoms with Crippen LogP contribution in [-0.4, -0.2) is 98.4 Å². The van der Waals surface area contributed by atoms with Gasteiger partial charge in [-0.1, -0.05) is 6.92 Å². The van der Waals surface area contributed by atoms with Crippen LogP contribution in [0.2, 0.25) is 0 Å². The summed E-state index contributed by atoms with van der Waals surface area (Å²) >= 11 is 16.7. The molecule has 2 saturated carbocycles. The highest BCUT2D eigenvalue weighted by Crippen LogP contribution is 2.47. The van der Waals surface area contributed by atoms with Crippen molar-refractivity contribution >= 4 is 72.0 Å². The monoisotopic (exact) mass is 660 g/mol. The molecule has 4 aliphatic rings. The van der Waals surface area contributed by atoms with Gasteiger partial charge in [0, 0.05) is 53.3 Å². The number of halogens is 2. The van der Waals surface area contributed by atoms with Gasteiger partial charge in [0.2, 0.25) is 5.04 Å². The molecular formula is C25H38Cl2N2O6S4. The average Bonchev–Trinajstić information content (AvgIpc) is 3.34. The summed E-state index contributed by atoms with van der Waals surface area (Å²) in [4.78, 5) is 2.28. The Hall–Kier alpha value is 0.0500. The van der Waals surface area contributed by atoms with Crippen LogP contribution in [0.25, 0.3) is 0 Å². The van der Waals surface area contributed by atoms with Gasteiger partial charge in [0.25, 0.3) is 10.1 Å². The molecule has 1 N–H and O–H groups in total. The average molecular weight is 662 g/mol. The first-order valence-electron chi connectivity index (χ1n) is 13.7. The van der Waals surface area contributed by atoms with E-state index in [1.165, 1.54) is 0 Å². The molecule has 2 heterocycles. The molecule has 6 unspecified atom stereocenters. The van der Waals surface area contributed by atoms with Crippen LogP contribution < -0.4 is 0 Å². The van der Waals surface area contributed by atoms with Crippen LogP contribution in [0, 0.1) is 0 Å². The molecule has 6 atom stereocenters. The van der Waals surface area contributed by atoms with E-state index in [2.05, 4.69) is 28.6 Å². The molecule has 0 bridgehead atoms. The summed E-state index contributed by atoms with van der Waals surface area (Å²) in [6, 6.07) is 0.457. The van der Waals surface area contributed by atoms with Crippen molar-refractivity contribution in [2.24, 2.45) is 0 Å². The molecule has 0 amide bonds. The summed E-state index contributed by atoms with van der Waals surface area (Å²) in [7, 11) is -8.29. The second-order valence-corrected chi connectivity index (χ2v) is 17.7. The van der Waals surface area contributed by atoms with E-state index in [4.69, 9.17) is 23.2 Å². The Labute approximate surface area is 251 Å². The lowest BCUT2D eigenvalue weighted by molar-refractivity contribution is -0.561. The van der Waals surface area contributed by atoms with Crippen molar-refractivity contribution in [1.29, 1.82) is 0 Å². The van der Waals surface area contributed by atoms with E-state index in [0.29, 0.717) is 30.0 Å². The maximum absolute atomic E-state index is 11.3. The zero-order valence-electron chi connectivity index (χ0n) is 22.1. The van der Waals surface area contributed by atoms with E-state index in [1.807, 2.05) is 23.5 Å². The zero-order valence-corrected chi connectivity index (χ0v) is 26.9. The maximum Gasteiger partial charge on any atom is 0.264 e. The van der Waals surface area contributed by atoms with Crippen LogP contribution in [0.3, 0.4) is 0 Å². The SMILES string of the molecule is CCC(=CC1=[N+](CCCS(=O)(=O)[O-])C2CC(Cl)CCC2S1)C=C1SC2CCC(Cl)CC2N1CCCS(=O)(=O)O. The number of nitrogens with zero attached hydrogens (tertiary/aromatic N) is 2. The van der Waals surface area contributed by atoms with E-state index >= 15 is 0 Å². The molecule has 8 nitrogen and oxygen atoms in total. The van der Waals surface area contributed by atoms with Crippen molar-refractivity contribution in [3.8, 4) is 0 Å². The van der Waals surface area contributed by atoms with Gasteiger partial charge >= 0.3 is 0 Å². The molecule has 14 heteroatoms. The van der Waals surface area contributed by atoms with Crippen molar-refractivity contribution in [2.45, 2.75) is 98.0 Å². The summed E-state index contributed by atoms with van der Waals surface area (Å²) in [5, 5.41) is 3.17. The molecule has 0 aromatic heterocycles. The fraction of sp³-hybridized carbons (Fsp3) is 0.800. The van der Waals surface area contributed by atoms with Gasteiger partial charge in [-0.3, -0.25) is 4.55 Å². The van der Waals surface area contributed by atoms with E-state index in [9.17, 15) is 25.9 Å². The molecule has 0 spiro atoms. The summed E-state index contributed by atoms with van der Waals surface area (Å²) in [6.07, 6.45) is 11.4. The first-order chi connectivity index (χ1) is 18.3. The molecule has 39 heavy (non-hydrogen) atoms. The molecular weight excluding hydrogens is 623 g/mol. The maximum atomic E-state index is 11.3. The Balaban J connectivity index is 1.61. The van der Waals surface area contributed by atoms with Crippen LogP contribution in [0.1, 0.15) is 64.7 Å². The normalized spacial score (nSPS) is 33.1. The number of rotatable bonds is 11. The van der Waals surface area contributed by atoms with Crippen LogP contribution in [0.4, 0.5) is 0 Å². The van der Waals surface area contributed by atoms with Crippen molar-refractivity contribution in [3.63, 3.8) is 0 Å². The lowest BCUT2D eigenvalue weighted by atomic mass is 9.93. The highest BCUT2D eigenvalue weighted by Gasteiger charge is 2.45. The molecule has 2 aliphatic heterocycles. The van der Waals surface area contributed by atoms with Gasteiger partial charge < -0.3 is 9.45 Å². The number of fused-ring (bicyclic) bond motifs is 2. The standard InChI is InChI=1S/C25H38Cl2N2O6S4/c1-2-17(13-24-28(9-3-11-38(30,31)32)20-15-18(26)5-7-22(20)36-24)14-25-29(10-4-12-39(33,34)35)21-16-19(27)6-8-23(21)37-25/h13-14,18-23H,2-12,15-16H2,1H3,(H-,30,31,32,33,34,35). The molecule has 0 aromatic rings. The van der Waals surface area contributed by atoms with Crippen molar-refractivity contribution < 1.29 is 30.5 Å². The fourth-order valence-corrected chi connectivity index (χ4v) is 10.7. The van der Waals surface area contributed by atoms with Gasteiger partial charge in [-0.25, -0.2) is 13.0 Å². The molecule has 0 radical (unpaired) electrons. The largest absolute Gasteiger partial charge is 0.748 e. The molecule has 1 saturated heterocycles. The Morgan fingerprint density at radius 1 is 1.05 bits per heavy atom. The fourth-order valence-electron chi connectivity index (χ4n) is 6.02. The van der Waals surface area contributed by atoms with Crippen LogP contribution in [-0.2, 0) is 20.2 Å². The molecule has 2 aliphatic carbocycles. The third-order valence-electron chi connectivity index (χ3n) is 7.91. The minimum absolute atomic E-state index is 0.0916. The number of thioether (sulfide) groups is 2. The van der Waals surface area contributed by atoms with Crippen molar-refractivity contribution in [3.05, 3.63) is 22.8 Å². The number of hydrogen-bond donors (Lipinski definition) is 1. The minimum Gasteiger partial charge on any atom is -0.748 e. The topological polar surface area (TPSA) is 118 Å². The molecule has 3 fully saturated rings. The summed E-state index contributed by atoms with van der Waals surface area (Å²) in [6.45, 7) is 3.13. The van der Waals surface area contributed by atoms with Crippen molar-refractivity contribution in [2.75, 3.05) is 24.6 Å². The lowest BCUT2D eigenvalue weighted by Crippen LogP contribution is -2.40. The zero-order chi connectivity index (χ0) is 28.4. The third kappa shape index (κ3) is 9.02. The summed E-state index contributed by atoms with van der Waals surface area (Å²) < 4.78 is 67.9. The number of alkyl halides is 2. The van der Waals surface area contributed by atoms with Gasteiger partial charge in [-0.2, -0.15) is 8.42 Å². The number of hydrogen-bond acceptors (Lipinski definition) is 8. The Bertz CT molecular complexity index is 1210. The van der Waals surface area contributed by atoms with Gasteiger partial charge in [0.15, 0.2) is 6.04 Å². The van der Waals surface area contributed by atoms with Crippen molar-refractivity contribution in [1.82, 2.24) is 4.90 Å². The quantitative estimate of drug-likeness (QED) is 0.192. The second kappa shape index (κ2) is 13.6. The van der Waals surface area contributed by atoms with E-state index < -0.39 is 20.2 Å². The Kier molecular flexibility index (Phi) is 11.1. The van der Waals surface area contributed by atoms with E-state index in [-0.39, 0.29) is 40.8 Å². The van der Waals surface area contributed by atoms with E-state index in [1.54, 1.807) is 0 Å². The molecule has 222 valence electrons. The second-order valence-electron chi connectivity index (χ2n) is 10.8. The van der Waals surface area contributed by atoms with Crippen LogP contribution in [0.15, 0.2) is 22.8 Å². The molecule has 0 aromatic carbocycles. The Morgan fingerprint density at radius 2 is 1.74 bits per heavy atom. The van der Waals surface area contributed by atoms with E-state index in [0.717, 1.165) is 60.6 Å². The smallest absolute Gasteiger partial charge is 0.264 e. The highest BCUT2D eigenvalue weighted by atomic mass is 35.5. The first kappa shape index (κ1) is 32.0. The van der Waals surface area contributed by atoms with Gasteiger partial charge in [-0.15, -0.1) is 35.0 Å². The highest BCUT2D eigenvalue weighted by molar-refractivity contribution is 8.14. The van der Waals surface area contributed by atoms with Gasteiger partial charge in [0.1, 0.15) is 6.54 Å². The van der Waals surface area contributed by atoms with Gasteiger partial charge in [-0.05, 0) is 68.4 Å². The van der Waals surface area contributed by atoms with Crippen LogP contribution in [0.5, 0.6) is 0 Å². The van der Waals surface area contributed by atoms with Crippen LogP contribution >= 0.6 is 46.7 Å². The lowest BCUT2D eigenvalue weighted by Gasteiger charge is -2.34.